The second-order valence-corrected chi connectivity index (χ2v) is 8.46. The first kappa shape index (κ1) is 18.4. The lowest BCUT2D eigenvalue weighted by atomic mass is 9.83. The SMILES string of the molecule is CCc1cc(C)cc(CC)c1C1C(=O)[C@H]2CC(=NOCC3CC3)C[C@H]2C1=O. The van der Waals surface area contributed by atoms with Crippen LogP contribution in [0.25, 0.3) is 0 Å². The number of fused-ring (bicyclic) bond motifs is 1. The Bertz CT molecular complexity index is 755. The summed E-state index contributed by atoms with van der Waals surface area (Å²) in [5, 5.41) is 4.24. The number of aryl methyl sites for hydroxylation is 3. The maximum absolute atomic E-state index is 13.2. The van der Waals surface area contributed by atoms with Crippen molar-refractivity contribution in [3.8, 4) is 0 Å². The van der Waals surface area contributed by atoms with Gasteiger partial charge in [0.2, 0.25) is 0 Å². The molecule has 0 amide bonds. The Balaban J connectivity index is 1.58. The van der Waals surface area contributed by atoms with Crippen molar-refractivity contribution >= 4 is 17.3 Å². The number of oxime groups is 1. The van der Waals surface area contributed by atoms with Gasteiger partial charge in [0, 0.05) is 11.8 Å². The van der Waals surface area contributed by atoms with Gasteiger partial charge < -0.3 is 4.84 Å². The molecule has 27 heavy (non-hydrogen) atoms. The van der Waals surface area contributed by atoms with E-state index in [0.29, 0.717) is 25.4 Å². The highest BCUT2D eigenvalue weighted by molar-refractivity contribution is 6.19. The van der Waals surface area contributed by atoms with Gasteiger partial charge in [0.25, 0.3) is 0 Å². The minimum absolute atomic E-state index is 0.102. The van der Waals surface area contributed by atoms with Crippen molar-refractivity contribution in [2.75, 3.05) is 6.61 Å². The maximum atomic E-state index is 13.2. The summed E-state index contributed by atoms with van der Waals surface area (Å²) in [5.41, 5.74) is 5.40. The van der Waals surface area contributed by atoms with Gasteiger partial charge in [-0.05, 0) is 68.1 Å². The first-order valence-corrected chi connectivity index (χ1v) is 10.4. The number of rotatable bonds is 6. The molecule has 3 fully saturated rings. The zero-order valence-electron chi connectivity index (χ0n) is 16.6. The van der Waals surface area contributed by atoms with Gasteiger partial charge in [0.05, 0.1) is 5.71 Å². The normalized spacial score (nSPS) is 28.9. The molecule has 0 aromatic heterocycles. The van der Waals surface area contributed by atoms with Crippen LogP contribution in [0.15, 0.2) is 17.3 Å². The number of Topliss-reactive ketones (excluding diaryl/α,β-unsaturated/α-hetero) is 2. The zero-order chi connectivity index (χ0) is 19.1. The van der Waals surface area contributed by atoms with Crippen LogP contribution in [-0.4, -0.2) is 23.9 Å². The molecule has 0 saturated heterocycles. The van der Waals surface area contributed by atoms with Gasteiger partial charge in [0.1, 0.15) is 12.5 Å². The topological polar surface area (TPSA) is 55.7 Å². The van der Waals surface area contributed by atoms with Crippen LogP contribution in [0.4, 0.5) is 0 Å². The summed E-state index contributed by atoms with van der Waals surface area (Å²) in [5.74, 6) is -0.122. The monoisotopic (exact) mass is 367 g/mol. The van der Waals surface area contributed by atoms with Crippen LogP contribution in [0.5, 0.6) is 0 Å². The fraction of sp³-hybridized carbons (Fsp3) is 0.609. The van der Waals surface area contributed by atoms with Gasteiger partial charge in [-0.25, -0.2) is 0 Å². The summed E-state index contributed by atoms with van der Waals surface area (Å²) < 4.78 is 0. The molecule has 1 aromatic carbocycles. The highest BCUT2D eigenvalue weighted by Crippen LogP contribution is 2.46. The van der Waals surface area contributed by atoms with Gasteiger partial charge >= 0.3 is 0 Å². The first-order chi connectivity index (χ1) is 13.0. The highest BCUT2D eigenvalue weighted by Gasteiger charge is 2.54. The molecule has 0 N–H and O–H groups in total. The number of hydrogen-bond donors (Lipinski definition) is 0. The molecule has 4 nitrogen and oxygen atoms in total. The third-order valence-electron chi connectivity index (χ3n) is 6.44. The van der Waals surface area contributed by atoms with Gasteiger partial charge in [-0.1, -0.05) is 36.7 Å². The molecule has 0 aliphatic heterocycles. The van der Waals surface area contributed by atoms with E-state index in [1.54, 1.807) is 0 Å². The second kappa shape index (κ2) is 7.21. The third kappa shape index (κ3) is 3.35. The predicted molar refractivity (Wildman–Crippen MR) is 105 cm³/mol. The maximum Gasteiger partial charge on any atom is 0.151 e. The van der Waals surface area contributed by atoms with E-state index >= 15 is 0 Å². The number of hydrogen-bond acceptors (Lipinski definition) is 4. The quantitative estimate of drug-likeness (QED) is 0.560. The summed E-state index contributed by atoms with van der Waals surface area (Å²) in [4.78, 5) is 31.9. The van der Waals surface area contributed by atoms with E-state index in [9.17, 15) is 9.59 Å². The van der Waals surface area contributed by atoms with Crippen molar-refractivity contribution in [1.29, 1.82) is 0 Å². The molecule has 144 valence electrons. The highest BCUT2D eigenvalue weighted by atomic mass is 16.6. The van der Waals surface area contributed by atoms with E-state index in [0.717, 1.165) is 35.2 Å². The summed E-state index contributed by atoms with van der Waals surface area (Å²) in [6.07, 6.45) is 5.32. The Labute approximate surface area is 161 Å². The molecule has 4 heteroatoms. The molecule has 4 rings (SSSR count). The van der Waals surface area contributed by atoms with E-state index in [1.165, 1.54) is 18.4 Å². The number of nitrogens with zero attached hydrogens (tertiary/aromatic N) is 1. The van der Waals surface area contributed by atoms with Crippen LogP contribution >= 0.6 is 0 Å². The first-order valence-electron chi connectivity index (χ1n) is 10.4. The van der Waals surface area contributed by atoms with E-state index in [1.807, 2.05) is 0 Å². The molecular formula is C23H29NO3. The number of carbonyl (C=O) groups excluding carboxylic acids is 2. The molecule has 0 heterocycles. The van der Waals surface area contributed by atoms with Gasteiger partial charge in [-0.2, -0.15) is 0 Å². The molecule has 3 aliphatic carbocycles. The number of benzene rings is 1. The van der Waals surface area contributed by atoms with Crippen molar-refractivity contribution in [3.63, 3.8) is 0 Å². The van der Waals surface area contributed by atoms with Crippen LogP contribution in [0.3, 0.4) is 0 Å². The average molecular weight is 367 g/mol. The van der Waals surface area contributed by atoms with Gasteiger partial charge in [-0.15, -0.1) is 0 Å². The summed E-state index contributed by atoms with van der Waals surface area (Å²) in [7, 11) is 0. The van der Waals surface area contributed by atoms with E-state index in [2.05, 4.69) is 38.1 Å². The lowest BCUT2D eigenvalue weighted by Gasteiger charge is -2.19. The van der Waals surface area contributed by atoms with Crippen molar-refractivity contribution in [2.45, 2.75) is 65.2 Å². The minimum Gasteiger partial charge on any atom is -0.396 e. The summed E-state index contributed by atoms with van der Waals surface area (Å²) in [6, 6.07) is 4.28. The van der Waals surface area contributed by atoms with Crippen LogP contribution < -0.4 is 0 Å². The Morgan fingerprint density at radius 1 is 1.00 bits per heavy atom. The van der Waals surface area contributed by atoms with E-state index < -0.39 is 5.92 Å². The molecule has 0 radical (unpaired) electrons. The molecule has 1 unspecified atom stereocenters. The fourth-order valence-corrected chi connectivity index (χ4v) is 4.83. The third-order valence-corrected chi connectivity index (χ3v) is 6.44. The second-order valence-electron chi connectivity index (χ2n) is 8.46. The van der Waals surface area contributed by atoms with Crippen LogP contribution in [-0.2, 0) is 27.3 Å². The molecule has 0 bridgehead atoms. The molecule has 1 aromatic rings. The lowest BCUT2D eigenvalue weighted by Crippen LogP contribution is -2.21. The van der Waals surface area contributed by atoms with Gasteiger partial charge in [0.15, 0.2) is 11.6 Å². The van der Waals surface area contributed by atoms with Crippen molar-refractivity contribution in [1.82, 2.24) is 0 Å². The minimum atomic E-state index is -0.570. The van der Waals surface area contributed by atoms with Gasteiger partial charge in [-0.3, -0.25) is 9.59 Å². The smallest absolute Gasteiger partial charge is 0.151 e. The molecule has 3 aliphatic rings. The predicted octanol–water partition coefficient (Wildman–Crippen LogP) is 4.16. The molecule has 3 atom stereocenters. The van der Waals surface area contributed by atoms with Crippen LogP contribution in [0, 0.1) is 24.7 Å². The molecule has 0 spiro atoms. The van der Waals surface area contributed by atoms with Crippen LogP contribution in [0.2, 0.25) is 0 Å². The average Bonchev–Trinajstić information content (AvgIpc) is 3.33. The van der Waals surface area contributed by atoms with Crippen LogP contribution in [0.1, 0.15) is 67.7 Å². The molecular weight excluding hydrogens is 338 g/mol. The fourth-order valence-electron chi connectivity index (χ4n) is 4.83. The number of carbonyl (C=O) groups is 2. The van der Waals surface area contributed by atoms with Crippen molar-refractivity contribution in [2.24, 2.45) is 22.9 Å². The molecule has 3 saturated carbocycles. The standard InChI is InChI=1S/C23H29NO3/c1-4-15-8-13(3)9-16(5-2)20(15)21-22(25)18-10-17(11-19(18)23(21)26)24-27-12-14-6-7-14/h8-9,14,18-19,21H,4-7,10-12H2,1-3H3/t18-,19+,21?. The number of ketones is 2. The Hall–Kier alpha value is -1.97. The summed E-state index contributed by atoms with van der Waals surface area (Å²) in [6.45, 7) is 6.96. The summed E-state index contributed by atoms with van der Waals surface area (Å²) >= 11 is 0. The Morgan fingerprint density at radius 2 is 1.56 bits per heavy atom. The zero-order valence-corrected chi connectivity index (χ0v) is 16.6. The largest absolute Gasteiger partial charge is 0.396 e. The van der Waals surface area contributed by atoms with Crippen molar-refractivity contribution in [3.05, 3.63) is 34.4 Å². The van der Waals surface area contributed by atoms with E-state index in [-0.39, 0.29) is 23.4 Å². The Kier molecular flexibility index (Phi) is 4.92. The Morgan fingerprint density at radius 3 is 2.04 bits per heavy atom. The lowest BCUT2D eigenvalue weighted by molar-refractivity contribution is -0.125. The van der Waals surface area contributed by atoms with Crippen molar-refractivity contribution < 1.29 is 14.4 Å². The van der Waals surface area contributed by atoms with E-state index in [4.69, 9.17) is 4.84 Å².